The quantitative estimate of drug-likeness (QED) is 0.553. The summed E-state index contributed by atoms with van der Waals surface area (Å²) < 4.78 is 8.22. The molecule has 2 heterocycles. The van der Waals surface area contributed by atoms with Crippen LogP contribution < -0.4 is 11.1 Å². The molecular weight excluding hydrogens is 366 g/mol. The van der Waals surface area contributed by atoms with Gasteiger partial charge in [-0.2, -0.15) is 8.75 Å². The van der Waals surface area contributed by atoms with Crippen molar-refractivity contribution in [1.82, 2.24) is 19.0 Å². The predicted octanol–water partition coefficient (Wildman–Crippen LogP) is 0.787. The Morgan fingerprint density at radius 1 is 1.11 bits per heavy atom. The molecule has 9 heteroatoms. The zero-order valence-electron chi connectivity index (χ0n) is 14.1. The molecule has 0 aliphatic rings. The van der Waals surface area contributed by atoms with Crippen molar-refractivity contribution in [3.63, 3.8) is 0 Å². The van der Waals surface area contributed by atoms with E-state index in [1.807, 2.05) is 30.3 Å². The van der Waals surface area contributed by atoms with Gasteiger partial charge < -0.3 is 16.2 Å². The fraction of sp³-hybridized carbons (Fsp3) is 0.167. The number of pyridine rings is 1. The molecule has 2 atom stereocenters. The smallest absolute Gasteiger partial charge is 0.273 e. The maximum absolute atomic E-state index is 12.7. The first-order valence-corrected chi connectivity index (χ1v) is 8.84. The highest BCUT2D eigenvalue weighted by molar-refractivity contribution is 6.99. The number of carbonyl (C=O) groups excluding carboxylic acids is 2. The lowest BCUT2D eigenvalue weighted by atomic mass is 10.0. The number of hydrogen-bond donors (Lipinski definition) is 3. The number of aliphatic hydroxyl groups is 1. The second-order valence-electron chi connectivity index (χ2n) is 5.81. The van der Waals surface area contributed by atoms with Gasteiger partial charge in [0, 0.05) is 18.0 Å². The van der Waals surface area contributed by atoms with Crippen LogP contribution in [0.1, 0.15) is 16.1 Å². The molecule has 0 aliphatic carbocycles. The monoisotopic (exact) mass is 383 g/mol. The number of aliphatic hydroxyl groups excluding tert-OH is 1. The van der Waals surface area contributed by atoms with Crippen molar-refractivity contribution in [3.8, 4) is 11.3 Å². The third-order valence-electron chi connectivity index (χ3n) is 3.94. The van der Waals surface area contributed by atoms with Crippen LogP contribution in [0, 0.1) is 0 Å². The molecule has 0 radical (unpaired) electrons. The van der Waals surface area contributed by atoms with Gasteiger partial charge in [-0.3, -0.25) is 14.6 Å². The molecule has 8 nitrogen and oxygen atoms in total. The molecular formula is C18H17N5O3S. The van der Waals surface area contributed by atoms with Crippen LogP contribution in [0.25, 0.3) is 11.3 Å². The van der Waals surface area contributed by atoms with Crippen LogP contribution in [-0.4, -0.2) is 42.8 Å². The highest BCUT2D eigenvalue weighted by atomic mass is 32.1. The van der Waals surface area contributed by atoms with Gasteiger partial charge in [0.1, 0.15) is 5.69 Å². The summed E-state index contributed by atoms with van der Waals surface area (Å²) >= 11 is 0.900. The minimum absolute atomic E-state index is 0.112. The number of primary amides is 1. The van der Waals surface area contributed by atoms with E-state index < -0.39 is 24.0 Å². The normalized spacial score (nSPS) is 12.9. The van der Waals surface area contributed by atoms with E-state index >= 15 is 0 Å². The standard InChI is InChI=1S/C18H17N5O3S/c19-17(25)16(24)13(10-11-4-2-1-3-5-11)21-18(26)15-14(22-27-23-15)12-6-8-20-9-7-12/h1-9,13,16,24H,10H2,(H2,19,25)(H,21,26). The summed E-state index contributed by atoms with van der Waals surface area (Å²) in [5.74, 6) is -1.46. The van der Waals surface area contributed by atoms with Gasteiger partial charge >= 0.3 is 0 Å². The van der Waals surface area contributed by atoms with Gasteiger partial charge in [0.15, 0.2) is 11.8 Å². The summed E-state index contributed by atoms with van der Waals surface area (Å²) in [7, 11) is 0. The maximum atomic E-state index is 12.7. The van der Waals surface area contributed by atoms with Crippen LogP contribution in [0.3, 0.4) is 0 Å². The van der Waals surface area contributed by atoms with Crippen molar-refractivity contribution in [2.45, 2.75) is 18.6 Å². The lowest BCUT2D eigenvalue weighted by molar-refractivity contribution is -0.127. The topological polar surface area (TPSA) is 131 Å². The van der Waals surface area contributed by atoms with Gasteiger partial charge in [0.2, 0.25) is 5.91 Å². The average Bonchev–Trinajstić information content (AvgIpc) is 3.18. The van der Waals surface area contributed by atoms with E-state index in [-0.39, 0.29) is 12.1 Å². The highest BCUT2D eigenvalue weighted by Gasteiger charge is 2.28. The summed E-state index contributed by atoms with van der Waals surface area (Å²) in [5, 5.41) is 12.8. The molecule has 0 bridgehead atoms. The molecule has 27 heavy (non-hydrogen) atoms. The first-order valence-electron chi connectivity index (χ1n) is 8.11. The second kappa shape index (κ2) is 8.47. The van der Waals surface area contributed by atoms with E-state index in [4.69, 9.17) is 5.73 Å². The van der Waals surface area contributed by atoms with Gasteiger partial charge in [-0.15, -0.1) is 0 Å². The number of nitrogens with two attached hydrogens (primary N) is 1. The summed E-state index contributed by atoms with van der Waals surface area (Å²) in [6, 6.07) is 11.7. The summed E-state index contributed by atoms with van der Waals surface area (Å²) in [6.45, 7) is 0. The summed E-state index contributed by atoms with van der Waals surface area (Å²) in [6.07, 6.45) is 1.88. The van der Waals surface area contributed by atoms with Crippen molar-refractivity contribution in [1.29, 1.82) is 0 Å². The number of rotatable bonds is 7. The van der Waals surface area contributed by atoms with Crippen molar-refractivity contribution in [2.24, 2.45) is 5.73 Å². The number of hydrogen-bond acceptors (Lipinski definition) is 7. The van der Waals surface area contributed by atoms with Gasteiger partial charge in [0.25, 0.3) is 5.91 Å². The molecule has 3 rings (SSSR count). The Kier molecular flexibility index (Phi) is 5.84. The maximum Gasteiger partial charge on any atom is 0.273 e. The molecule has 0 fully saturated rings. The number of aromatic nitrogens is 3. The van der Waals surface area contributed by atoms with Crippen molar-refractivity contribution in [2.75, 3.05) is 0 Å². The largest absolute Gasteiger partial charge is 0.381 e. The van der Waals surface area contributed by atoms with Crippen LogP contribution in [0.2, 0.25) is 0 Å². The molecule has 2 aromatic heterocycles. The number of amides is 2. The Hall–Kier alpha value is -3.17. The molecule has 0 aliphatic heterocycles. The molecule has 1 aromatic carbocycles. The molecule has 2 amide bonds. The van der Waals surface area contributed by atoms with E-state index in [0.29, 0.717) is 11.3 Å². The van der Waals surface area contributed by atoms with Crippen LogP contribution in [0.5, 0.6) is 0 Å². The molecule has 0 spiro atoms. The van der Waals surface area contributed by atoms with Crippen molar-refractivity contribution in [3.05, 3.63) is 66.1 Å². The van der Waals surface area contributed by atoms with Gasteiger partial charge in [-0.05, 0) is 24.1 Å². The fourth-order valence-corrected chi connectivity index (χ4v) is 3.15. The van der Waals surface area contributed by atoms with E-state index in [9.17, 15) is 14.7 Å². The Balaban J connectivity index is 1.83. The van der Waals surface area contributed by atoms with Crippen LogP contribution in [0.4, 0.5) is 0 Å². The number of benzene rings is 1. The Bertz CT molecular complexity index is 917. The SMILES string of the molecule is NC(=O)C(O)C(Cc1ccccc1)NC(=O)c1nsnc1-c1ccncc1. The molecule has 138 valence electrons. The van der Waals surface area contributed by atoms with E-state index in [1.165, 1.54) is 0 Å². The third kappa shape index (κ3) is 4.52. The molecule has 3 aromatic rings. The predicted molar refractivity (Wildman–Crippen MR) is 99.7 cm³/mol. The minimum atomic E-state index is -1.54. The first-order chi connectivity index (χ1) is 13.1. The Morgan fingerprint density at radius 2 is 1.81 bits per heavy atom. The Morgan fingerprint density at radius 3 is 2.48 bits per heavy atom. The van der Waals surface area contributed by atoms with Crippen molar-refractivity contribution < 1.29 is 14.7 Å². The first kappa shape index (κ1) is 18.6. The van der Waals surface area contributed by atoms with E-state index in [0.717, 1.165) is 17.3 Å². The van der Waals surface area contributed by atoms with Crippen molar-refractivity contribution >= 4 is 23.5 Å². The average molecular weight is 383 g/mol. The van der Waals surface area contributed by atoms with E-state index in [2.05, 4.69) is 19.0 Å². The van der Waals surface area contributed by atoms with Gasteiger partial charge in [-0.1, -0.05) is 30.3 Å². The number of carbonyl (C=O) groups is 2. The molecule has 4 N–H and O–H groups in total. The number of nitrogens with one attached hydrogen (secondary N) is 1. The van der Waals surface area contributed by atoms with Crippen LogP contribution >= 0.6 is 11.7 Å². The fourth-order valence-electron chi connectivity index (χ4n) is 2.58. The molecule has 2 unspecified atom stereocenters. The zero-order chi connectivity index (χ0) is 19.2. The minimum Gasteiger partial charge on any atom is -0.381 e. The van der Waals surface area contributed by atoms with Crippen LogP contribution in [-0.2, 0) is 11.2 Å². The van der Waals surface area contributed by atoms with E-state index in [1.54, 1.807) is 24.5 Å². The molecule has 0 saturated carbocycles. The Labute approximate surface area is 159 Å². The van der Waals surface area contributed by atoms with Gasteiger partial charge in [-0.25, -0.2) is 0 Å². The van der Waals surface area contributed by atoms with Crippen LogP contribution in [0.15, 0.2) is 54.9 Å². The highest BCUT2D eigenvalue weighted by Crippen LogP contribution is 2.21. The summed E-state index contributed by atoms with van der Waals surface area (Å²) in [5.41, 5.74) is 7.29. The summed E-state index contributed by atoms with van der Waals surface area (Å²) in [4.78, 5) is 28.2. The number of nitrogens with zero attached hydrogens (tertiary/aromatic N) is 3. The lowest BCUT2D eigenvalue weighted by Gasteiger charge is -2.22. The van der Waals surface area contributed by atoms with Gasteiger partial charge in [0.05, 0.1) is 17.8 Å². The second-order valence-corrected chi connectivity index (χ2v) is 6.34. The third-order valence-corrected chi connectivity index (χ3v) is 4.47. The molecule has 0 saturated heterocycles. The lowest BCUT2D eigenvalue weighted by Crippen LogP contribution is -2.50. The zero-order valence-corrected chi connectivity index (χ0v) is 15.0.